The molecule has 5 nitrogen and oxygen atoms in total. The van der Waals surface area contributed by atoms with Crippen LogP contribution in [0.2, 0.25) is 0 Å². The molecule has 1 fully saturated rings. The van der Waals surface area contributed by atoms with Crippen LogP contribution in [0.4, 0.5) is 10.5 Å². The van der Waals surface area contributed by atoms with Gasteiger partial charge in [-0.3, -0.25) is 4.90 Å². The Balaban J connectivity index is 1.83. The van der Waals surface area contributed by atoms with Crippen LogP contribution in [0.5, 0.6) is 0 Å². The molecule has 0 aliphatic carbocycles. The van der Waals surface area contributed by atoms with Crippen LogP contribution in [0.25, 0.3) is 10.8 Å². The highest BCUT2D eigenvalue weighted by Gasteiger charge is 2.52. The lowest BCUT2D eigenvalue weighted by Gasteiger charge is -2.32. The molecule has 1 saturated heterocycles. The van der Waals surface area contributed by atoms with E-state index in [0.29, 0.717) is 5.69 Å². The van der Waals surface area contributed by atoms with Gasteiger partial charge in [0.2, 0.25) is 0 Å². The fourth-order valence-corrected chi connectivity index (χ4v) is 3.77. The third kappa shape index (κ3) is 3.57. The zero-order valence-electron chi connectivity index (χ0n) is 17.8. The van der Waals surface area contributed by atoms with Gasteiger partial charge in [-0.15, -0.1) is 0 Å². The van der Waals surface area contributed by atoms with Gasteiger partial charge in [-0.1, -0.05) is 54.6 Å². The number of para-hydroxylation sites is 1. The van der Waals surface area contributed by atoms with Crippen molar-refractivity contribution in [3.8, 4) is 0 Å². The van der Waals surface area contributed by atoms with Crippen molar-refractivity contribution in [2.24, 2.45) is 0 Å². The van der Waals surface area contributed by atoms with Gasteiger partial charge in [0.1, 0.15) is 0 Å². The first-order valence-corrected chi connectivity index (χ1v) is 10.1. The molecule has 30 heavy (non-hydrogen) atoms. The van der Waals surface area contributed by atoms with Crippen molar-refractivity contribution in [2.45, 2.75) is 45.4 Å². The molecule has 0 radical (unpaired) electrons. The zero-order valence-corrected chi connectivity index (χ0v) is 17.8. The second-order valence-corrected chi connectivity index (χ2v) is 8.65. The minimum absolute atomic E-state index is 0.198. The third-order valence-electron chi connectivity index (χ3n) is 6.18. The van der Waals surface area contributed by atoms with Crippen LogP contribution in [0.3, 0.4) is 0 Å². The van der Waals surface area contributed by atoms with Gasteiger partial charge in [0.25, 0.3) is 0 Å². The van der Waals surface area contributed by atoms with Crippen molar-refractivity contribution in [3.63, 3.8) is 0 Å². The Hall–Kier alpha value is -2.83. The fourth-order valence-electron chi connectivity index (χ4n) is 3.77. The molecule has 0 aromatic heterocycles. The Morgan fingerprint density at radius 1 is 0.900 bits per heavy atom. The molecule has 1 aliphatic heterocycles. The molecule has 3 aromatic rings. The predicted octanol–water partition coefficient (Wildman–Crippen LogP) is 4.82. The van der Waals surface area contributed by atoms with E-state index in [0.717, 1.165) is 21.8 Å². The predicted molar refractivity (Wildman–Crippen MR) is 120 cm³/mol. The smallest absolute Gasteiger partial charge is 0.465 e. The first kappa shape index (κ1) is 20.4. The molecule has 6 heteroatoms. The molecule has 0 bridgehead atoms. The highest BCUT2D eigenvalue weighted by atomic mass is 16.7. The van der Waals surface area contributed by atoms with Gasteiger partial charge in [-0.25, -0.2) is 4.79 Å². The summed E-state index contributed by atoms with van der Waals surface area (Å²) < 4.78 is 12.7. The molecule has 0 saturated carbocycles. The van der Waals surface area contributed by atoms with Crippen molar-refractivity contribution in [2.75, 3.05) is 4.90 Å². The lowest BCUT2D eigenvalue weighted by molar-refractivity contribution is 0.00578. The van der Waals surface area contributed by atoms with Crippen LogP contribution in [-0.4, -0.2) is 29.5 Å². The number of carbonyl (C=O) groups is 1. The number of hydrogen-bond donors (Lipinski definition) is 1. The summed E-state index contributed by atoms with van der Waals surface area (Å²) in [5, 5.41) is 12.0. The van der Waals surface area contributed by atoms with Gasteiger partial charge in [-0.05, 0) is 61.6 Å². The lowest BCUT2D eigenvalue weighted by atomic mass is 9.73. The largest absolute Gasteiger partial charge is 0.495 e. The molecular weight excluding hydrogens is 377 g/mol. The first-order chi connectivity index (χ1) is 14.2. The number of nitrogens with zero attached hydrogens (tertiary/aromatic N) is 1. The number of benzene rings is 3. The van der Waals surface area contributed by atoms with Crippen LogP contribution in [-0.2, 0) is 15.9 Å². The van der Waals surface area contributed by atoms with Crippen LogP contribution in [0, 0.1) is 0 Å². The summed E-state index contributed by atoms with van der Waals surface area (Å²) in [5.41, 5.74) is 1.39. The SMILES string of the molecule is CC1(C)OB(c2c(CN(C(=O)O)c3ccccc3)ccc3ccccc23)OC1(C)C. The quantitative estimate of drug-likeness (QED) is 0.635. The van der Waals surface area contributed by atoms with Gasteiger partial charge in [0.05, 0.1) is 17.7 Å². The maximum absolute atomic E-state index is 12.1. The number of hydrogen-bond acceptors (Lipinski definition) is 3. The highest BCUT2D eigenvalue weighted by molar-refractivity contribution is 6.65. The van der Waals surface area contributed by atoms with Crippen molar-refractivity contribution in [1.29, 1.82) is 0 Å². The minimum Gasteiger partial charge on any atom is -0.465 e. The normalized spacial score (nSPS) is 17.3. The minimum atomic E-state index is -1.01. The van der Waals surface area contributed by atoms with Gasteiger partial charge >= 0.3 is 13.2 Å². The molecule has 0 spiro atoms. The van der Waals surface area contributed by atoms with E-state index in [-0.39, 0.29) is 6.54 Å². The van der Waals surface area contributed by atoms with E-state index in [1.807, 2.05) is 82.3 Å². The van der Waals surface area contributed by atoms with Crippen LogP contribution < -0.4 is 10.4 Å². The Morgan fingerprint density at radius 3 is 2.13 bits per heavy atom. The van der Waals surface area contributed by atoms with Gasteiger partial charge in [-0.2, -0.15) is 0 Å². The van der Waals surface area contributed by atoms with E-state index < -0.39 is 24.4 Å². The molecule has 1 N–H and O–H groups in total. The molecular formula is C24H26BNO4. The Kier molecular flexibility index (Phi) is 5.08. The highest BCUT2D eigenvalue weighted by Crippen LogP contribution is 2.37. The molecule has 154 valence electrons. The summed E-state index contributed by atoms with van der Waals surface area (Å²) in [4.78, 5) is 13.4. The van der Waals surface area contributed by atoms with E-state index in [9.17, 15) is 9.90 Å². The maximum Gasteiger partial charge on any atom is 0.495 e. The average molecular weight is 403 g/mol. The fraction of sp³-hybridized carbons (Fsp3) is 0.292. The number of fused-ring (bicyclic) bond motifs is 1. The molecule has 1 aliphatic rings. The van der Waals surface area contributed by atoms with Crippen molar-refractivity contribution < 1.29 is 19.2 Å². The Bertz CT molecular complexity index is 1070. The summed E-state index contributed by atoms with van der Waals surface area (Å²) in [7, 11) is -0.581. The molecule has 4 rings (SSSR count). The standard InChI is InChI=1S/C24H26BNO4/c1-23(2)24(3,4)30-25(29-23)21-18(15-14-17-10-8-9-13-20(17)21)16-26(22(27)28)19-11-6-5-7-12-19/h5-15H,16H2,1-4H3,(H,27,28). The molecule has 3 aromatic carbocycles. The number of anilines is 1. The Morgan fingerprint density at radius 2 is 1.50 bits per heavy atom. The van der Waals surface area contributed by atoms with E-state index in [1.165, 1.54) is 4.90 Å². The van der Waals surface area contributed by atoms with Crippen LogP contribution in [0.15, 0.2) is 66.7 Å². The monoisotopic (exact) mass is 403 g/mol. The topological polar surface area (TPSA) is 59.0 Å². The van der Waals surface area contributed by atoms with Gasteiger partial charge in [0.15, 0.2) is 0 Å². The molecule has 1 amide bonds. The maximum atomic E-state index is 12.1. The zero-order chi connectivity index (χ0) is 21.5. The number of carboxylic acid groups (broad SMARTS) is 1. The second-order valence-electron chi connectivity index (χ2n) is 8.65. The van der Waals surface area contributed by atoms with Crippen molar-refractivity contribution in [1.82, 2.24) is 0 Å². The average Bonchev–Trinajstić information content (AvgIpc) is 2.92. The molecule has 0 unspecified atom stereocenters. The van der Waals surface area contributed by atoms with Crippen molar-refractivity contribution in [3.05, 3.63) is 72.3 Å². The molecule has 1 heterocycles. The van der Waals surface area contributed by atoms with E-state index in [1.54, 1.807) is 12.1 Å². The summed E-state index contributed by atoms with van der Waals surface area (Å²) >= 11 is 0. The van der Waals surface area contributed by atoms with Crippen molar-refractivity contribution >= 4 is 35.1 Å². The van der Waals surface area contributed by atoms with Gasteiger partial charge < -0.3 is 14.4 Å². The number of amides is 1. The van der Waals surface area contributed by atoms with E-state index in [2.05, 4.69) is 0 Å². The van der Waals surface area contributed by atoms with E-state index in [4.69, 9.17) is 9.31 Å². The lowest BCUT2D eigenvalue weighted by Crippen LogP contribution is -2.41. The summed E-state index contributed by atoms with van der Waals surface area (Å²) in [6.45, 7) is 8.27. The Labute approximate surface area is 177 Å². The summed E-state index contributed by atoms with van der Waals surface area (Å²) in [6.07, 6.45) is -1.01. The third-order valence-corrected chi connectivity index (χ3v) is 6.18. The van der Waals surface area contributed by atoms with Crippen LogP contribution in [0.1, 0.15) is 33.3 Å². The second kappa shape index (κ2) is 7.45. The van der Waals surface area contributed by atoms with Crippen LogP contribution >= 0.6 is 0 Å². The summed E-state index contributed by atoms with van der Waals surface area (Å²) in [6, 6.07) is 21.2. The molecule has 0 atom stereocenters. The van der Waals surface area contributed by atoms with Gasteiger partial charge in [0, 0.05) is 5.69 Å². The first-order valence-electron chi connectivity index (χ1n) is 10.1. The number of rotatable bonds is 4. The van der Waals surface area contributed by atoms with E-state index >= 15 is 0 Å². The summed E-state index contributed by atoms with van der Waals surface area (Å²) in [5.74, 6) is 0.